The molecule has 0 bridgehead atoms. The Bertz CT molecular complexity index is 811. The maximum atomic E-state index is 13.4. The summed E-state index contributed by atoms with van der Waals surface area (Å²) >= 11 is 0. The highest BCUT2D eigenvalue weighted by Gasteiger charge is 2.46. The van der Waals surface area contributed by atoms with Crippen LogP contribution in [0.4, 0.5) is 4.79 Å². The van der Waals surface area contributed by atoms with E-state index in [9.17, 15) is 14.4 Å². The lowest BCUT2D eigenvalue weighted by molar-refractivity contribution is -0.143. The summed E-state index contributed by atoms with van der Waals surface area (Å²) in [5.41, 5.74) is 0.596. The van der Waals surface area contributed by atoms with Crippen LogP contribution in [0.15, 0.2) is 30.3 Å². The van der Waals surface area contributed by atoms with Gasteiger partial charge >= 0.3 is 6.03 Å². The Kier molecular flexibility index (Phi) is 6.46. The second-order valence-corrected chi connectivity index (χ2v) is 9.34. The number of fused-ring (bicyclic) bond motifs is 1. The van der Waals surface area contributed by atoms with Gasteiger partial charge in [-0.25, -0.2) is 4.79 Å². The van der Waals surface area contributed by atoms with Crippen molar-refractivity contribution in [1.29, 1.82) is 0 Å². The van der Waals surface area contributed by atoms with Crippen LogP contribution >= 0.6 is 0 Å². The second-order valence-electron chi connectivity index (χ2n) is 9.34. The molecule has 0 spiro atoms. The molecule has 2 heterocycles. The third-order valence-corrected chi connectivity index (χ3v) is 6.31. The van der Waals surface area contributed by atoms with Crippen molar-refractivity contribution in [2.45, 2.75) is 57.3 Å². The maximum Gasteiger partial charge on any atom is 0.315 e. The van der Waals surface area contributed by atoms with Crippen molar-refractivity contribution in [2.24, 2.45) is 5.92 Å². The molecule has 3 atom stereocenters. The van der Waals surface area contributed by atoms with Crippen molar-refractivity contribution < 1.29 is 14.4 Å². The van der Waals surface area contributed by atoms with Crippen molar-refractivity contribution in [3.8, 4) is 0 Å². The molecule has 0 unspecified atom stereocenters. The fraction of sp³-hybridized carbons (Fsp3) is 0.609. The standard InChI is InChI=1S/C23H33N5O3/c1-15(2)25-23(31)26-18-10-19-14-27(12-16-8-9-16)20(22(30)28(19)13-18)11-24-21(29)17-6-4-3-5-7-17/h3-7,15-16,18-20H,8-14H2,1-2H3,(H,24,29)(H2,25,26,31)/t18-,19-,20-/m0/s1. The lowest BCUT2D eigenvalue weighted by atomic mass is 10.0. The molecule has 2 saturated heterocycles. The van der Waals surface area contributed by atoms with Crippen LogP contribution < -0.4 is 16.0 Å². The molecule has 0 aromatic heterocycles. The van der Waals surface area contributed by atoms with Gasteiger partial charge in [-0.05, 0) is 51.2 Å². The maximum absolute atomic E-state index is 13.4. The molecule has 168 valence electrons. The number of piperazine rings is 1. The van der Waals surface area contributed by atoms with Gasteiger partial charge in [-0.3, -0.25) is 14.5 Å². The van der Waals surface area contributed by atoms with Crippen LogP contribution in [0.1, 0.15) is 43.5 Å². The summed E-state index contributed by atoms with van der Waals surface area (Å²) in [6.45, 7) is 6.35. The van der Waals surface area contributed by atoms with E-state index in [2.05, 4.69) is 20.9 Å². The first kappa shape index (κ1) is 21.6. The fourth-order valence-electron chi connectivity index (χ4n) is 4.63. The average molecular weight is 428 g/mol. The minimum atomic E-state index is -0.354. The molecule has 0 radical (unpaired) electrons. The zero-order valence-electron chi connectivity index (χ0n) is 18.3. The molecule has 1 aliphatic carbocycles. The van der Waals surface area contributed by atoms with Gasteiger partial charge in [-0.15, -0.1) is 0 Å². The van der Waals surface area contributed by atoms with E-state index in [0.29, 0.717) is 24.6 Å². The molecule has 1 aromatic rings. The van der Waals surface area contributed by atoms with Crippen LogP contribution in [0.5, 0.6) is 0 Å². The van der Waals surface area contributed by atoms with E-state index >= 15 is 0 Å². The number of rotatable bonds is 7. The van der Waals surface area contributed by atoms with Gasteiger partial charge in [0.05, 0.1) is 6.04 Å². The van der Waals surface area contributed by atoms with Crippen LogP contribution in [0.2, 0.25) is 0 Å². The van der Waals surface area contributed by atoms with Crippen molar-refractivity contribution in [3.63, 3.8) is 0 Å². The Morgan fingerprint density at radius 3 is 2.55 bits per heavy atom. The van der Waals surface area contributed by atoms with Crippen molar-refractivity contribution in [1.82, 2.24) is 25.8 Å². The quantitative estimate of drug-likeness (QED) is 0.609. The van der Waals surface area contributed by atoms with Crippen molar-refractivity contribution in [2.75, 3.05) is 26.2 Å². The zero-order valence-corrected chi connectivity index (χ0v) is 18.3. The molecule has 3 N–H and O–H groups in total. The summed E-state index contributed by atoms with van der Waals surface area (Å²) in [5.74, 6) is 0.547. The minimum Gasteiger partial charge on any atom is -0.350 e. The minimum absolute atomic E-state index is 0.0480. The molecule has 4 amide bonds. The highest BCUT2D eigenvalue weighted by molar-refractivity contribution is 5.94. The van der Waals surface area contributed by atoms with Crippen LogP contribution in [0, 0.1) is 5.92 Å². The second kappa shape index (κ2) is 9.26. The third-order valence-electron chi connectivity index (χ3n) is 6.31. The Hall–Kier alpha value is -2.61. The number of benzene rings is 1. The van der Waals surface area contributed by atoms with E-state index in [0.717, 1.165) is 19.5 Å². The van der Waals surface area contributed by atoms with Crippen molar-refractivity contribution >= 4 is 17.8 Å². The molecule has 3 aliphatic rings. The average Bonchev–Trinajstić information content (AvgIpc) is 3.45. The van der Waals surface area contributed by atoms with Crippen LogP contribution in [0.25, 0.3) is 0 Å². The molecule has 4 rings (SSSR count). The predicted octanol–water partition coefficient (Wildman–Crippen LogP) is 1.19. The number of nitrogens with one attached hydrogen (secondary N) is 3. The van der Waals surface area contributed by atoms with E-state index in [1.165, 1.54) is 12.8 Å². The molecule has 1 aromatic carbocycles. The summed E-state index contributed by atoms with van der Waals surface area (Å²) < 4.78 is 0. The summed E-state index contributed by atoms with van der Waals surface area (Å²) in [6, 6.07) is 8.67. The Labute approximate surface area is 183 Å². The number of hydrogen-bond donors (Lipinski definition) is 3. The Morgan fingerprint density at radius 2 is 1.87 bits per heavy atom. The molecular weight excluding hydrogens is 394 g/mol. The number of carbonyl (C=O) groups excluding carboxylic acids is 3. The Balaban J connectivity index is 1.40. The first-order chi connectivity index (χ1) is 14.9. The summed E-state index contributed by atoms with van der Waals surface area (Å²) in [4.78, 5) is 42.2. The van der Waals surface area contributed by atoms with Gasteiger partial charge in [0.1, 0.15) is 6.04 Å². The van der Waals surface area contributed by atoms with Gasteiger partial charge < -0.3 is 20.9 Å². The smallest absolute Gasteiger partial charge is 0.315 e. The van der Waals surface area contributed by atoms with Gasteiger partial charge in [0.2, 0.25) is 5.91 Å². The Morgan fingerprint density at radius 1 is 1.13 bits per heavy atom. The molecule has 8 nitrogen and oxygen atoms in total. The molecule has 3 fully saturated rings. The first-order valence-corrected chi connectivity index (χ1v) is 11.4. The summed E-state index contributed by atoms with van der Waals surface area (Å²) in [7, 11) is 0. The zero-order chi connectivity index (χ0) is 22.0. The van der Waals surface area contributed by atoms with E-state index in [1.54, 1.807) is 12.1 Å². The highest BCUT2D eigenvalue weighted by atomic mass is 16.2. The lowest BCUT2D eigenvalue weighted by Gasteiger charge is -2.43. The largest absolute Gasteiger partial charge is 0.350 e. The van der Waals surface area contributed by atoms with Crippen LogP contribution in [0.3, 0.4) is 0 Å². The molecule has 31 heavy (non-hydrogen) atoms. The van der Waals surface area contributed by atoms with E-state index in [-0.39, 0.29) is 42.0 Å². The summed E-state index contributed by atoms with van der Waals surface area (Å²) in [6.07, 6.45) is 3.19. The van der Waals surface area contributed by atoms with E-state index < -0.39 is 0 Å². The summed E-state index contributed by atoms with van der Waals surface area (Å²) in [5, 5.41) is 8.82. The van der Waals surface area contributed by atoms with Crippen LogP contribution in [-0.2, 0) is 4.79 Å². The number of amides is 4. The number of urea groups is 1. The van der Waals surface area contributed by atoms with Crippen molar-refractivity contribution in [3.05, 3.63) is 35.9 Å². The molecule has 8 heteroatoms. The molecular formula is C23H33N5O3. The topological polar surface area (TPSA) is 93.8 Å². The van der Waals surface area contributed by atoms with Gasteiger partial charge in [-0.2, -0.15) is 0 Å². The SMILES string of the molecule is CC(C)NC(=O)N[C@H]1C[C@H]2CN(CC3CC3)[C@@H](CNC(=O)c3ccccc3)C(=O)N2C1. The first-order valence-electron chi connectivity index (χ1n) is 11.4. The molecule has 2 aliphatic heterocycles. The number of hydrogen-bond acceptors (Lipinski definition) is 4. The van der Waals surface area contributed by atoms with E-state index in [1.807, 2.05) is 36.9 Å². The van der Waals surface area contributed by atoms with Gasteiger partial charge in [0.25, 0.3) is 5.91 Å². The lowest BCUT2D eigenvalue weighted by Crippen LogP contribution is -2.63. The number of carbonyl (C=O) groups is 3. The van der Waals surface area contributed by atoms with Gasteiger partial charge in [0.15, 0.2) is 0 Å². The van der Waals surface area contributed by atoms with Gasteiger partial charge in [-0.1, -0.05) is 18.2 Å². The van der Waals surface area contributed by atoms with Crippen LogP contribution in [-0.4, -0.2) is 78.0 Å². The normalized spacial score (nSPS) is 26.0. The highest BCUT2D eigenvalue weighted by Crippen LogP contribution is 2.33. The fourth-order valence-corrected chi connectivity index (χ4v) is 4.63. The van der Waals surface area contributed by atoms with E-state index in [4.69, 9.17) is 0 Å². The molecule has 1 saturated carbocycles. The predicted molar refractivity (Wildman–Crippen MR) is 118 cm³/mol. The third kappa shape index (κ3) is 5.36. The monoisotopic (exact) mass is 427 g/mol. The number of nitrogens with zero attached hydrogens (tertiary/aromatic N) is 2. The van der Waals surface area contributed by atoms with Gasteiger partial charge in [0, 0.05) is 43.8 Å².